The minimum atomic E-state index is -0.524. The molecule has 14 nitrogen and oxygen atoms in total. The Labute approximate surface area is 352 Å². The highest BCUT2D eigenvalue weighted by Crippen LogP contribution is 2.40. The maximum atomic E-state index is 14.0. The second kappa shape index (κ2) is 18.1. The van der Waals surface area contributed by atoms with Gasteiger partial charge in [0, 0.05) is 67.7 Å². The Kier molecular flexibility index (Phi) is 12.4. The summed E-state index contributed by atoms with van der Waals surface area (Å²) in [7, 11) is 2.65. The molecule has 5 aromatic rings. The molecule has 2 unspecified atom stereocenters. The fraction of sp³-hybridized carbons (Fsp3) is 0.435. The number of halogens is 1. The Bertz CT molecular complexity index is 2550. The molecule has 15 heteroatoms. The van der Waals surface area contributed by atoms with Crippen LogP contribution < -0.4 is 30.9 Å². The van der Waals surface area contributed by atoms with Gasteiger partial charge in [0.1, 0.15) is 17.0 Å². The number of methoxy groups -OCH3 is 2. The van der Waals surface area contributed by atoms with Crippen LogP contribution in [0.1, 0.15) is 83.5 Å². The average molecular weight is 839 g/mol. The second-order valence-corrected chi connectivity index (χ2v) is 16.0. The fourth-order valence-corrected chi connectivity index (χ4v) is 8.87. The number of fused-ring (bicyclic) bond motifs is 2. The first-order valence-corrected chi connectivity index (χ1v) is 20.9. The van der Waals surface area contributed by atoms with Crippen molar-refractivity contribution in [3.8, 4) is 0 Å². The molecule has 6 heterocycles. The van der Waals surface area contributed by atoms with Crippen LogP contribution in [0, 0.1) is 5.82 Å². The highest BCUT2D eigenvalue weighted by Gasteiger charge is 2.32. The molecule has 9 rings (SSSR count). The lowest BCUT2D eigenvalue weighted by Gasteiger charge is -2.32. The van der Waals surface area contributed by atoms with Gasteiger partial charge in [-0.2, -0.15) is 0 Å². The summed E-state index contributed by atoms with van der Waals surface area (Å²) in [6.07, 6.45) is 3.74. The molecule has 4 aliphatic heterocycles. The molecule has 4 fully saturated rings. The number of ether oxygens (including phenoxy) is 4. The molecule has 0 saturated carbocycles. The third-order valence-electron chi connectivity index (χ3n) is 11.8. The Hall–Kier alpha value is -5.77. The van der Waals surface area contributed by atoms with E-state index in [1.54, 1.807) is 24.3 Å². The summed E-state index contributed by atoms with van der Waals surface area (Å²) >= 11 is 0. The van der Waals surface area contributed by atoms with Crippen molar-refractivity contribution in [1.82, 2.24) is 5.32 Å². The summed E-state index contributed by atoms with van der Waals surface area (Å²) in [4.78, 5) is 56.8. The van der Waals surface area contributed by atoms with Crippen molar-refractivity contribution in [3.05, 3.63) is 109 Å². The molecular formula is C46H51FN4O10. The largest absolute Gasteiger partial charge is 0.465 e. The maximum Gasteiger partial charge on any atom is 0.337 e. The van der Waals surface area contributed by atoms with Crippen LogP contribution in [0.3, 0.4) is 0 Å². The van der Waals surface area contributed by atoms with Crippen LogP contribution in [-0.4, -0.2) is 90.8 Å². The molecule has 0 radical (unpaired) electrons. The number of morpholine rings is 2. The van der Waals surface area contributed by atoms with Crippen molar-refractivity contribution in [2.75, 3.05) is 81.4 Å². The lowest BCUT2D eigenvalue weighted by atomic mass is 9.98. The second-order valence-electron chi connectivity index (χ2n) is 16.0. The van der Waals surface area contributed by atoms with Gasteiger partial charge in [-0.05, 0) is 88.5 Å². The zero-order chi connectivity index (χ0) is 42.8. The molecule has 0 spiro atoms. The Morgan fingerprint density at radius 1 is 0.721 bits per heavy atom. The lowest BCUT2D eigenvalue weighted by Crippen LogP contribution is -2.41. The van der Waals surface area contributed by atoms with Gasteiger partial charge in [-0.25, -0.2) is 14.0 Å². The van der Waals surface area contributed by atoms with Crippen LogP contribution in [-0.2, 0) is 18.9 Å². The summed E-state index contributed by atoms with van der Waals surface area (Å²) in [5.74, 6) is -0.264. The van der Waals surface area contributed by atoms with Crippen molar-refractivity contribution >= 4 is 51.3 Å². The summed E-state index contributed by atoms with van der Waals surface area (Å²) < 4.78 is 47.6. The maximum absolute atomic E-state index is 14.0. The van der Waals surface area contributed by atoms with Gasteiger partial charge in [-0.3, -0.25) is 9.59 Å². The molecule has 0 amide bonds. The van der Waals surface area contributed by atoms with Crippen LogP contribution in [0.2, 0.25) is 0 Å². The van der Waals surface area contributed by atoms with Gasteiger partial charge in [-0.1, -0.05) is 6.07 Å². The van der Waals surface area contributed by atoms with Gasteiger partial charge in [0.15, 0.2) is 22.6 Å². The molecule has 322 valence electrons. The lowest BCUT2D eigenvalue weighted by molar-refractivity contribution is 0.0516. The van der Waals surface area contributed by atoms with E-state index in [0.717, 1.165) is 55.6 Å². The van der Waals surface area contributed by atoms with E-state index in [9.17, 15) is 23.6 Å². The first-order valence-electron chi connectivity index (χ1n) is 20.9. The van der Waals surface area contributed by atoms with Gasteiger partial charge in [0.25, 0.3) is 0 Å². The van der Waals surface area contributed by atoms with Gasteiger partial charge in [-0.15, -0.1) is 0 Å². The van der Waals surface area contributed by atoms with E-state index in [4.69, 9.17) is 27.8 Å². The van der Waals surface area contributed by atoms with E-state index in [-0.39, 0.29) is 46.5 Å². The highest BCUT2D eigenvalue weighted by molar-refractivity contribution is 5.96. The number of anilines is 3. The quantitative estimate of drug-likeness (QED) is 0.177. The van der Waals surface area contributed by atoms with Crippen molar-refractivity contribution in [3.63, 3.8) is 0 Å². The number of benzene rings is 3. The number of hydrogen-bond donors (Lipinski definition) is 1. The first kappa shape index (κ1) is 41.9. The minimum absolute atomic E-state index is 0.0224. The smallest absolute Gasteiger partial charge is 0.337 e. The molecular weight excluding hydrogens is 788 g/mol. The molecule has 4 aliphatic rings. The fourth-order valence-electron chi connectivity index (χ4n) is 8.87. The average Bonchev–Trinajstić information content (AvgIpc) is 3.99. The zero-order valence-electron chi connectivity index (χ0n) is 34.9. The van der Waals surface area contributed by atoms with Crippen molar-refractivity contribution in [2.45, 2.75) is 63.8 Å². The summed E-state index contributed by atoms with van der Waals surface area (Å²) in [6.45, 7) is 9.34. The third-order valence-corrected chi connectivity index (χ3v) is 11.8. The van der Waals surface area contributed by atoms with E-state index in [1.807, 2.05) is 29.7 Å². The van der Waals surface area contributed by atoms with Crippen LogP contribution in [0.4, 0.5) is 21.8 Å². The number of nitrogens with one attached hydrogen (secondary N) is 1. The monoisotopic (exact) mass is 838 g/mol. The molecule has 1 N–H and O–H groups in total. The van der Waals surface area contributed by atoms with Crippen molar-refractivity contribution in [1.29, 1.82) is 0 Å². The summed E-state index contributed by atoms with van der Waals surface area (Å²) in [5.41, 5.74) is 3.58. The topological polar surface area (TPSA) is 153 Å². The first-order chi connectivity index (χ1) is 29.5. The molecule has 0 bridgehead atoms. The van der Waals surface area contributed by atoms with Crippen LogP contribution >= 0.6 is 0 Å². The van der Waals surface area contributed by atoms with E-state index in [1.165, 1.54) is 44.6 Å². The normalized spacial score (nSPS) is 21.7. The SMILES string of the molecule is COC(=O)c1cc(C2CCCN2)c2oc(N3CCO[C@H](C)C3)cc(=O)c2c1.COC(=O)c1cc(C2CCCN2c2cccc(F)c2)c2oc(N3CCO[C@H](C)C3)cc(=O)c2c1. The number of carbonyl (C=O) groups is 2. The third kappa shape index (κ3) is 8.86. The van der Waals surface area contributed by atoms with Gasteiger partial charge in [0.05, 0.1) is 67.6 Å². The predicted molar refractivity (Wildman–Crippen MR) is 229 cm³/mol. The molecule has 4 atom stereocenters. The molecule has 61 heavy (non-hydrogen) atoms. The van der Waals surface area contributed by atoms with Crippen molar-refractivity contribution < 1.29 is 41.8 Å². The van der Waals surface area contributed by atoms with Gasteiger partial charge < -0.3 is 47.8 Å². The van der Waals surface area contributed by atoms with Crippen molar-refractivity contribution in [2.24, 2.45) is 0 Å². The van der Waals surface area contributed by atoms with Crippen LogP contribution in [0.5, 0.6) is 0 Å². The Morgan fingerprint density at radius 3 is 1.82 bits per heavy atom. The summed E-state index contributed by atoms with van der Waals surface area (Å²) in [6, 6.07) is 15.9. The number of nitrogens with zero attached hydrogens (tertiary/aromatic N) is 3. The van der Waals surface area contributed by atoms with E-state index in [2.05, 4.69) is 10.2 Å². The standard InChI is InChI=1S/C26H27FN2O5.C20H24N2O5/c1-16-15-28(9-10-33-16)24-14-23(30)21-12-17(26(31)32-2)11-20(25(21)34-24)22-7-4-8-29(22)19-6-3-5-18(27)13-19;1-12-11-22(6-7-26-12)18-10-17(23)15-9-13(20(24)25-2)8-14(19(15)27-18)16-4-3-5-21-16/h3,5-6,11-14,16,22H,4,7-10,15H2,1-2H3;8-10,12,16,21H,3-7,11H2,1-2H3/t16-,22?;12-,16?/m11/s1. The predicted octanol–water partition coefficient (Wildman–Crippen LogP) is 6.51. The highest BCUT2D eigenvalue weighted by atomic mass is 19.1. The number of esters is 2. The molecule has 4 saturated heterocycles. The molecule has 3 aromatic carbocycles. The van der Waals surface area contributed by atoms with Crippen LogP contribution in [0.15, 0.2) is 79.1 Å². The van der Waals surface area contributed by atoms with Gasteiger partial charge >= 0.3 is 11.9 Å². The molecule has 0 aliphatic carbocycles. The van der Waals surface area contributed by atoms with Gasteiger partial charge in [0.2, 0.25) is 0 Å². The summed E-state index contributed by atoms with van der Waals surface area (Å²) in [5, 5.41) is 4.16. The van der Waals surface area contributed by atoms with E-state index in [0.29, 0.717) is 78.7 Å². The number of hydrogen-bond acceptors (Lipinski definition) is 14. The number of rotatable bonds is 7. The van der Waals surface area contributed by atoms with E-state index >= 15 is 0 Å². The van der Waals surface area contributed by atoms with Crippen LogP contribution in [0.25, 0.3) is 21.9 Å². The minimum Gasteiger partial charge on any atom is -0.465 e. The Morgan fingerprint density at radius 2 is 1.30 bits per heavy atom. The number of carbonyl (C=O) groups excluding carboxylic acids is 2. The Balaban J connectivity index is 0.000000173. The van der Waals surface area contributed by atoms with E-state index < -0.39 is 11.9 Å². The molecule has 2 aromatic heterocycles. The zero-order valence-corrected chi connectivity index (χ0v) is 34.9.